The van der Waals surface area contributed by atoms with Crippen molar-refractivity contribution in [3.8, 4) is 0 Å². The highest BCUT2D eigenvalue weighted by Gasteiger charge is 2.21. The van der Waals surface area contributed by atoms with E-state index in [1.54, 1.807) is 0 Å². The molecule has 1 amide bonds. The maximum absolute atomic E-state index is 12.2. The fourth-order valence-electron chi connectivity index (χ4n) is 2.27. The highest BCUT2D eigenvalue weighted by atomic mass is 79.9. The summed E-state index contributed by atoms with van der Waals surface area (Å²) in [6, 6.07) is 7.98. The molecule has 0 bridgehead atoms. The number of amides is 1. The van der Waals surface area contributed by atoms with Gasteiger partial charge in [-0.2, -0.15) is 0 Å². The zero-order valence-electron chi connectivity index (χ0n) is 10.2. The minimum atomic E-state index is 0.251. The summed E-state index contributed by atoms with van der Waals surface area (Å²) in [5, 5.41) is 1.06. The lowest BCUT2D eigenvalue weighted by atomic mass is 9.98. The Morgan fingerprint density at radius 1 is 1.33 bits per heavy atom. The van der Waals surface area contributed by atoms with E-state index in [0.29, 0.717) is 6.42 Å². The van der Waals surface area contributed by atoms with Crippen LogP contribution in [0.15, 0.2) is 28.7 Å². The van der Waals surface area contributed by atoms with Gasteiger partial charge in [-0.1, -0.05) is 44.0 Å². The first kappa shape index (κ1) is 14.1. The van der Waals surface area contributed by atoms with Crippen LogP contribution in [0.1, 0.15) is 18.4 Å². The standard InChI is InChI=1S/C14H17Br2NO/c15-10-11-4-6-17(7-5-11)14(18)9-12-2-1-3-13(16)8-12/h1-3,8,11H,4-7,9-10H2. The minimum absolute atomic E-state index is 0.251. The van der Waals surface area contributed by atoms with Crippen LogP contribution in [0.2, 0.25) is 0 Å². The number of hydrogen-bond acceptors (Lipinski definition) is 1. The van der Waals surface area contributed by atoms with Crippen molar-refractivity contribution in [3.05, 3.63) is 34.3 Å². The van der Waals surface area contributed by atoms with Gasteiger partial charge in [0, 0.05) is 22.9 Å². The molecule has 0 unspecified atom stereocenters. The Bertz CT molecular complexity index is 414. The summed E-state index contributed by atoms with van der Waals surface area (Å²) in [5.74, 6) is 0.987. The molecule has 0 N–H and O–H groups in total. The number of benzene rings is 1. The molecule has 0 spiro atoms. The average Bonchev–Trinajstić information content (AvgIpc) is 2.39. The lowest BCUT2D eigenvalue weighted by Gasteiger charge is -2.31. The molecule has 0 atom stereocenters. The van der Waals surface area contributed by atoms with E-state index in [1.807, 2.05) is 29.2 Å². The third-order valence-electron chi connectivity index (χ3n) is 3.43. The number of carbonyl (C=O) groups excluding carboxylic acids is 1. The summed E-state index contributed by atoms with van der Waals surface area (Å²) in [7, 11) is 0. The number of alkyl halides is 1. The van der Waals surface area contributed by atoms with E-state index in [2.05, 4.69) is 31.9 Å². The molecule has 0 radical (unpaired) electrons. The van der Waals surface area contributed by atoms with Crippen molar-refractivity contribution in [1.29, 1.82) is 0 Å². The van der Waals surface area contributed by atoms with Gasteiger partial charge in [0.2, 0.25) is 5.91 Å². The second-order valence-electron chi connectivity index (χ2n) is 4.79. The summed E-state index contributed by atoms with van der Waals surface area (Å²) in [6.45, 7) is 1.81. The zero-order chi connectivity index (χ0) is 13.0. The maximum Gasteiger partial charge on any atom is 0.226 e. The van der Waals surface area contributed by atoms with Gasteiger partial charge in [0.1, 0.15) is 0 Å². The Balaban J connectivity index is 1.89. The molecule has 1 saturated heterocycles. The first-order chi connectivity index (χ1) is 8.69. The molecule has 4 heteroatoms. The quantitative estimate of drug-likeness (QED) is 0.740. The van der Waals surface area contributed by atoms with Crippen molar-refractivity contribution in [2.45, 2.75) is 19.3 Å². The fraction of sp³-hybridized carbons (Fsp3) is 0.500. The molecular formula is C14H17Br2NO. The van der Waals surface area contributed by atoms with E-state index in [0.717, 1.165) is 47.2 Å². The Morgan fingerprint density at radius 2 is 2.06 bits per heavy atom. The number of rotatable bonds is 3. The third kappa shape index (κ3) is 3.82. The predicted molar refractivity (Wildman–Crippen MR) is 80.9 cm³/mol. The van der Waals surface area contributed by atoms with Gasteiger partial charge < -0.3 is 4.90 Å². The summed E-state index contributed by atoms with van der Waals surface area (Å²) in [5.41, 5.74) is 1.08. The number of nitrogens with zero attached hydrogens (tertiary/aromatic N) is 1. The Kier molecular flexibility index (Phi) is 5.25. The van der Waals surface area contributed by atoms with Gasteiger partial charge in [0.25, 0.3) is 0 Å². The van der Waals surface area contributed by atoms with Gasteiger partial charge in [-0.25, -0.2) is 0 Å². The lowest BCUT2D eigenvalue weighted by Crippen LogP contribution is -2.39. The summed E-state index contributed by atoms with van der Waals surface area (Å²) < 4.78 is 1.03. The molecular weight excluding hydrogens is 358 g/mol. The van der Waals surface area contributed by atoms with Crippen LogP contribution in [0.25, 0.3) is 0 Å². The Morgan fingerprint density at radius 3 is 2.67 bits per heavy atom. The van der Waals surface area contributed by atoms with E-state index in [-0.39, 0.29) is 5.91 Å². The van der Waals surface area contributed by atoms with Crippen molar-refractivity contribution in [2.75, 3.05) is 18.4 Å². The lowest BCUT2D eigenvalue weighted by molar-refractivity contribution is -0.131. The highest BCUT2D eigenvalue weighted by Crippen LogP contribution is 2.20. The van der Waals surface area contributed by atoms with Crippen LogP contribution >= 0.6 is 31.9 Å². The maximum atomic E-state index is 12.2. The SMILES string of the molecule is O=C(Cc1cccc(Br)c1)N1CCC(CBr)CC1. The van der Waals surface area contributed by atoms with Crippen LogP contribution in [0.4, 0.5) is 0 Å². The van der Waals surface area contributed by atoms with Gasteiger partial charge in [-0.3, -0.25) is 4.79 Å². The number of hydrogen-bond donors (Lipinski definition) is 0. The predicted octanol–water partition coefficient (Wildman–Crippen LogP) is 3.63. The van der Waals surface area contributed by atoms with Gasteiger partial charge in [0.15, 0.2) is 0 Å². The topological polar surface area (TPSA) is 20.3 Å². The number of carbonyl (C=O) groups is 1. The largest absolute Gasteiger partial charge is 0.342 e. The number of halogens is 2. The first-order valence-electron chi connectivity index (χ1n) is 6.27. The number of piperidine rings is 1. The van der Waals surface area contributed by atoms with Gasteiger partial charge in [-0.05, 0) is 36.5 Å². The molecule has 2 nitrogen and oxygen atoms in total. The Hall–Kier alpha value is -0.350. The van der Waals surface area contributed by atoms with Crippen molar-refractivity contribution < 1.29 is 4.79 Å². The van der Waals surface area contributed by atoms with Gasteiger partial charge in [0.05, 0.1) is 6.42 Å². The number of likely N-dealkylation sites (tertiary alicyclic amines) is 1. The smallest absolute Gasteiger partial charge is 0.226 e. The minimum Gasteiger partial charge on any atom is -0.342 e. The monoisotopic (exact) mass is 373 g/mol. The molecule has 1 aliphatic rings. The first-order valence-corrected chi connectivity index (χ1v) is 8.18. The van der Waals surface area contributed by atoms with E-state index in [4.69, 9.17) is 0 Å². The van der Waals surface area contributed by atoms with E-state index in [1.165, 1.54) is 0 Å². The van der Waals surface area contributed by atoms with Crippen LogP contribution in [0.5, 0.6) is 0 Å². The van der Waals surface area contributed by atoms with Gasteiger partial charge >= 0.3 is 0 Å². The van der Waals surface area contributed by atoms with Crippen LogP contribution < -0.4 is 0 Å². The van der Waals surface area contributed by atoms with E-state index in [9.17, 15) is 4.79 Å². The molecule has 1 fully saturated rings. The van der Waals surface area contributed by atoms with Crippen LogP contribution in [-0.2, 0) is 11.2 Å². The second-order valence-corrected chi connectivity index (χ2v) is 6.35. The van der Waals surface area contributed by atoms with E-state index < -0.39 is 0 Å². The van der Waals surface area contributed by atoms with Crippen molar-refractivity contribution in [3.63, 3.8) is 0 Å². The third-order valence-corrected chi connectivity index (χ3v) is 4.84. The molecule has 18 heavy (non-hydrogen) atoms. The summed E-state index contributed by atoms with van der Waals surface area (Å²) >= 11 is 6.96. The van der Waals surface area contributed by atoms with Crippen molar-refractivity contribution in [2.24, 2.45) is 5.92 Å². The molecule has 0 aromatic heterocycles. The molecule has 0 aliphatic carbocycles. The normalized spacial score (nSPS) is 16.9. The molecule has 1 heterocycles. The second kappa shape index (κ2) is 6.71. The fourth-order valence-corrected chi connectivity index (χ4v) is 3.36. The van der Waals surface area contributed by atoms with Crippen LogP contribution in [0.3, 0.4) is 0 Å². The molecule has 98 valence electrons. The molecule has 0 saturated carbocycles. The summed E-state index contributed by atoms with van der Waals surface area (Å²) in [6.07, 6.45) is 2.75. The van der Waals surface area contributed by atoms with Crippen molar-refractivity contribution >= 4 is 37.8 Å². The average molecular weight is 375 g/mol. The molecule has 2 rings (SSSR count). The van der Waals surface area contributed by atoms with Crippen LogP contribution in [0, 0.1) is 5.92 Å². The molecule has 1 aromatic rings. The van der Waals surface area contributed by atoms with E-state index >= 15 is 0 Å². The Labute approximate surface area is 125 Å². The van der Waals surface area contributed by atoms with Gasteiger partial charge in [-0.15, -0.1) is 0 Å². The van der Waals surface area contributed by atoms with Crippen LogP contribution in [-0.4, -0.2) is 29.2 Å². The summed E-state index contributed by atoms with van der Waals surface area (Å²) in [4.78, 5) is 14.2. The zero-order valence-corrected chi connectivity index (χ0v) is 13.4. The van der Waals surface area contributed by atoms with Crippen molar-refractivity contribution in [1.82, 2.24) is 4.90 Å². The highest BCUT2D eigenvalue weighted by molar-refractivity contribution is 9.10. The molecule has 1 aliphatic heterocycles. The molecule has 1 aromatic carbocycles.